The Bertz CT molecular complexity index is 1370. The number of rotatable bonds is 6. The first kappa shape index (κ1) is 23.4. The number of aryl methyl sites for hydroxylation is 3. The van der Waals surface area contributed by atoms with Gasteiger partial charge in [-0.15, -0.1) is 0 Å². The lowest BCUT2D eigenvalue weighted by atomic mass is 10.0. The Kier molecular flexibility index (Phi) is 6.60. The molecule has 0 amide bonds. The molecule has 178 valence electrons. The van der Waals surface area contributed by atoms with E-state index in [1.54, 1.807) is 0 Å². The van der Waals surface area contributed by atoms with Gasteiger partial charge in [-0.2, -0.15) is 0 Å². The molecule has 36 heavy (non-hydrogen) atoms. The van der Waals surface area contributed by atoms with Gasteiger partial charge in [0, 0.05) is 35.5 Å². The van der Waals surface area contributed by atoms with Crippen LogP contribution in [-0.2, 0) is 0 Å². The van der Waals surface area contributed by atoms with Crippen LogP contribution in [0.15, 0.2) is 121 Å². The molecule has 0 N–H and O–H groups in total. The maximum absolute atomic E-state index is 2.31. The summed E-state index contributed by atoms with van der Waals surface area (Å²) in [5.74, 6) is 0. The van der Waals surface area contributed by atoms with Crippen molar-refractivity contribution in [3.63, 3.8) is 0 Å². The Morgan fingerprint density at radius 1 is 0.333 bits per heavy atom. The van der Waals surface area contributed by atoms with Crippen LogP contribution in [0.25, 0.3) is 11.1 Å². The van der Waals surface area contributed by atoms with Crippen molar-refractivity contribution in [1.29, 1.82) is 0 Å². The summed E-state index contributed by atoms with van der Waals surface area (Å²) in [6.45, 7) is 6.36. The highest BCUT2D eigenvalue weighted by atomic mass is 15.1. The van der Waals surface area contributed by atoms with E-state index < -0.39 is 0 Å². The largest absolute Gasteiger partial charge is 0.345 e. The SMILES string of the molecule is Cc1ccc(N(C)c2ccc(-c3ccc(N(c4ccc(C)cc4)c4ccc(C)cc4)cc3)cc2)cc1. The van der Waals surface area contributed by atoms with E-state index in [2.05, 4.69) is 159 Å². The molecule has 0 radical (unpaired) electrons. The first-order valence-electron chi connectivity index (χ1n) is 12.4. The molecular weight excluding hydrogens is 436 g/mol. The summed E-state index contributed by atoms with van der Waals surface area (Å²) < 4.78 is 0. The third kappa shape index (κ3) is 5.04. The minimum Gasteiger partial charge on any atom is -0.345 e. The van der Waals surface area contributed by atoms with E-state index in [9.17, 15) is 0 Å². The lowest BCUT2D eigenvalue weighted by Gasteiger charge is -2.26. The fourth-order valence-corrected chi connectivity index (χ4v) is 4.43. The zero-order chi connectivity index (χ0) is 25.1. The summed E-state index contributed by atoms with van der Waals surface area (Å²) in [5.41, 5.74) is 12.0. The molecule has 0 unspecified atom stereocenters. The van der Waals surface area contributed by atoms with E-state index in [4.69, 9.17) is 0 Å². The summed E-state index contributed by atoms with van der Waals surface area (Å²) in [6.07, 6.45) is 0. The lowest BCUT2D eigenvalue weighted by Crippen LogP contribution is -2.10. The average Bonchev–Trinajstić information content (AvgIpc) is 2.91. The predicted octanol–water partition coefficient (Wildman–Crippen LogP) is 9.52. The van der Waals surface area contributed by atoms with Gasteiger partial charge in [-0.3, -0.25) is 0 Å². The van der Waals surface area contributed by atoms with Crippen LogP contribution in [0, 0.1) is 20.8 Å². The molecule has 0 saturated heterocycles. The second-order valence-electron chi connectivity index (χ2n) is 9.49. The van der Waals surface area contributed by atoms with E-state index in [1.807, 2.05) is 0 Å². The second kappa shape index (κ2) is 10.1. The highest BCUT2D eigenvalue weighted by Crippen LogP contribution is 2.36. The van der Waals surface area contributed by atoms with Gasteiger partial charge in [-0.25, -0.2) is 0 Å². The van der Waals surface area contributed by atoms with E-state index in [1.165, 1.54) is 39.2 Å². The van der Waals surface area contributed by atoms with Crippen LogP contribution in [0.3, 0.4) is 0 Å². The molecular formula is C34H32N2. The Morgan fingerprint density at radius 3 is 0.917 bits per heavy atom. The van der Waals surface area contributed by atoms with Gasteiger partial charge in [0.1, 0.15) is 0 Å². The van der Waals surface area contributed by atoms with Gasteiger partial charge in [0.15, 0.2) is 0 Å². The molecule has 5 aromatic rings. The fourth-order valence-electron chi connectivity index (χ4n) is 4.43. The topological polar surface area (TPSA) is 6.48 Å². The van der Waals surface area contributed by atoms with E-state index in [0.29, 0.717) is 0 Å². The van der Waals surface area contributed by atoms with Crippen LogP contribution in [-0.4, -0.2) is 7.05 Å². The molecule has 0 bridgehead atoms. The maximum atomic E-state index is 2.31. The van der Waals surface area contributed by atoms with Crippen LogP contribution in [0.4, 0.5) is 28.4 Å². The highest BCUT2D eigenvalue weighted by molar-refractivity contribution is 5.79. The van der Waals surface area contributed by atoms with Crippen LogP contribution in [0.5, 0.6) is 0 Å². The molecule has 0 fully saturated rings. The van der Waals surface area contributed by atoms with Crippen molar-refractivity contribution in [2.24, 2.45) is 0 Å². The zero-order valence-corrected chi connectivity index (χ0v) is 21.4. The summed E-state index contributed by atoms with van der Waals surface area (Å²) >= 11 is 0. The van der Waals surface area contributed by atoms with Gasteiger partial charge >= 0.3 is 0 Å². The van der Waals surface area contributed by atoms with Crippen molar-refractivity contribution < 1.29 is 0 Å². The molecule has 0 aliphatic rings. The number of benzene rings is 5. The minimum atomic E-state index is 1.14. The van der Waals surface area contributed by atoms with E-state index >= 15 is 0 Å². The molecule has 0 aliphatic carbocycles. The van der Waals surface area contributed by atoms with Crippen LogP contribution in [0.2, 0.25) is 0 Å². The molecule has 2 nitrogen and oxygen atoms in total. The highest BCUT2D eigenvalue weighted by Gasteiger charge is 2.13. The molecule has 5 aromatic carbocycles. The third-order valence-corrected chi connectivity index (χ3v) is 6.72. The number of nitrogens with zero attached hydrogens (tertiary/aromatic N) is 2. The molecule has 0 saturated carbocycles. The van der Waals surface area contributed by atoms with Crippen LogP contribution in [0.1, 0.15) is 16.7 Å². The predicted molar refractivity (Wildman–Crippen MR) is 155 cm³/mol. The summed E-state index contributed by atoms with van der Waals surface area (Å²) in [4.78, 5) is 4.52. The van der Waals surface area contributed by atoms with Gasteiger partial charge in [-0.1, -0.05) is 77.4 Å². The number of anilines is 5. The van der Waals surface area contributed by atoms with Gasteiger partial charge in [0.25, 0.3) is 0 Å². The summed E-state index contributed by atoms with van der Waals surface area (Å²) in [6, 6.07) is 43.7. The Labute approximate surface area is 215 Å². The first-order chi connectivity index (χ1) is 17.5. The molecule has 5 rings (SSSR count). The Hall–Kier alpha value is -4.30. The molecule has 0 heterocycles. The lowest BCUT2D eigenvalue weighted by molar-refractivity contribution is 1.20. The van der Waals surface area contributed by atoms with Crippen molar-refractivity contribution in [3.05, 3.63) is 138 Å². The third-order valence-electron chi connectivity index (χ3n) is 6.72. The molecule has 2 heteroatoms. The van der Waals surface area contributed by atoms with Crippen molar-refractivity contribution in [1.82, 2.24) is 0 Å². The van der Waals surface area contributed by atoms with E-state index in [-0.39, 0.29) is 0 Å². The van der Waals surface area contributed by atoms with Gasteiger partial charge in [0.05, 0.1) is 0 Å². The maximum Gasteiger partial charge on any atom is 0.0462 e. The van der Waals surface area contributed by atoms with Gasteiger partial charge < -0.3 is 9.80 Å². The smallest absolute Gasteiger partial charge is 0.0462 e. The summed E-state index contributed by atoms with van der Waals surface area (Å²) in [7, 11) is 2.11. The second-order valence-corrected chi connectivity index (χ2v) is 9.49. The summed E-state index contributed by atoms with van der Waals surface area (Å²) in [5, 5.41) is 0. The van der Waals surface area contributed by atoms with Gasteiger partial charge in [0.2, 0.25) is 0 Å². The van der Waals surface area contributed by atoms with Crippen LogP contribution < -0.4 is 9.80 Å². The molecule has 0 atom stereocenters. The monoisotopic (exact) mass is 468 g/mol. The first-order valence-corrected chi connectivity index (χ1v) is 12.4. The number of hydrogen-bond acceptors (Lipinski definition) is 2. The normalized spacial score (nSPS) is 10.8. The Balaban J connectivity index is 1.42. The average molecular weight is 469 g/mol. The number of hydrogen-bond donors (Lipinski definition) is 0. The molecule has 0 aromatic heterocycles. The van der Waals surface area contributed by atoms with Crippen LogP contribution >= 0.6 is 0 Å². The van der Waals surface area contributed by atoms with Crippen molar-refractivity contribution in [3.8, 4) is 11.1 Å². The van der Waals surface area contributed by atoms with Crippen molar-refractivity contribution in [2.45, 2.75) is 20.8 Å². The standard InChI is InChI=1S/C34H32N2/c1-25-5-15-30(16-6-25)35(4)31-21-11-28(12-22-31)29-13-23-34(24-14-29)36(32-17-7-26(2)8-18-32)33-19-9-27(3)10-20-33/h5-24H,1-4H3. The Morgan fingerprint density at radius 2 is 0.583 bits per heavy atom. The fraction of sp³-hybridized carbons (Fsp3) is 0.118. The quantitative estimate of drug-likeness (QED) is 0.245. The zero-order valence-electron chi connectivity index (χ0n) is 21.4. The van der Waals surface area contributed by atoms with E-state index in [0.717, 1.165) is 17.1 Å². The van der Waals surface area contributed by atoms with Crippen molar-refractivity contribution in [2.75, 3.05) is 16.8 Å². The van der Waals surface area contributed by atoms with Gasteiger partial charge in [-0.05, 0) is 92.6 Å². The van der Waals surface area contributed by atoms with Crippen molar-refractivity contribution >= 4 is 28.4 Å². The molecule has 0 spiro atoms. The minimum absolute atomic E-state index is 1.14. The molecule has 0 aliphatic heterocycles.